The number of fused-ring (bicyclic) bond motifs is 2. The molecule has 3 aliphatic rings. The molecule has 1 fully saturated rings. The van der Waals surface area contributed by atoms with Crippen molar-refractivity contribution >= 4 is 11.3 Å². The van der Waals surface area contributed by atoms with Gasteiger partial charge in [-0.05, 0) is 89.2 Å². The van der Waals surface area contributed by atoms with E-state index in [1.807, 2.05) is 0 Å². The fourth-order valence-electron chi connectivity index (χ4n) is 7.98. The average Bonchev–Trinajstić information content (AvgIpc) is 3.42. The summed E-state index contributed by atoms with van der Waals surface area (Å²) in [4.78, 5) is 0. The highest BCUT2D eigenvalue weighted by atomic mass is 14.6. The minimum Gasteiger partial charge on any atom is -0.398 e. The van der Waals surface area contributed by atoms with Gasteiger partial charge in [-0.1, -0.05) is 101 Å². The molecular formula is C33H43N. The van der Waals surface area contributed by atoms with Crippen molar-refractivity contribution in [2.24, 2.45) is 53.3 Å². The van der Waals surface area contributed by atoms with Gasteiger partial charge < -0.3 is 5.73 Å². The molecule has 0 radical (unpaired) electrons. The monoisotopic (exact) mass is 453 g/mol. The van der Waals surface area contributed by atoms with E-state index in [0.717, 1.165) is 17.5 Å². The van der Waals surface area contributed by atoms with Gasteiger partial charge in [0, 0.05) is 11.3 Å². The van der Waals surface area contributed by atoms with E-state index in [1.54, 1.807) is 5.56 Å². The molecule has 1 heteroatoms. The maximum absolute atomic E-state index is 6.53. The highest BCUT2D eigenvalue weighted by molar-refractivity contribution is 5.77. The number of anilines is 1. The number of rotatable bonds is 6. The molecule has 2 aromatic rings. The molecule has 3 aliphatic carbocycles. The second-order valence-electron chi connectivity index (χ2n) is 12.0. The number of hydrogen-bond donors (Lipinski definition) is 1. The molecule has 1 nitrogen and oxygen atoms in total. The van der Waals surface area contributed by atoms with Crippen molar-refractivity contribution < 1.29 is 0 Å². The molecule has 1 saturated carbocycles. The Bertz CT molecular complexity index is 1050. The van der Waals surface area contributed by atoms with Crippen molar-refractivity contribution in [2.75, 3.05) is 5.73 Å². The minimum absolute atomic E-state index is 0.555. The van der Waals surface area contributed by atoms with Gasteiger partial charge in [-0.15, -0.1) is 0 Å². The van der Waals surface area contributed by atoms with Crippen LogP contribution in [0, 0.1) is 53.3 Å². The van der Waals surface area contributed by atoms with Gasteiger partial charge in [0.25, 0.3) is 0 Å². The third kappa shape index (κ3) is 3.96. The largest absolute Gasteiger partial charge is 0.398 e. The first-order chi connectivity index (χ1) is 16.4. The number of para-hydroxylation sites is 1. The van der Waals surface area contributed by atoms with Crippen molar-refractivity contribution in [3.05, 3.63) is 84.0 Å². The van der Waals surface area contributed by atoms with Gasteiger partial charge in [-0.2, -0.15) is 0 Å². The van der Waals surface area contributed by atoms with Crippen molar-refractivity contribution in [2.45, 2.75) is 53.4 Å². The number of nitrogen functional groups attached to an aromatic ring is 1. The lowest BCUT2D eigenvalue weighted by molar-refractivity contribution is 0.113. The molecule has 2 N–H and O–H groups in total. The zero-order valence-electron chi connectivity index (χ0n) is 21.7. The third-order valence-electron chi connectivity index (χ3n) is 10.2. The molecule has 0 spiro atoms. The Hall–Kier alpha value is -2.28. The van der Waals surface area contributed by atoms with Crippen LogP contribution in [0.15, 0.2) is 72.8 Å². The van der Waals surface area contributed by atoms with Crippen LogP contribution < -0.4 is 5.73 Å². The Kier molecular flexibility index (Phi) is 6.49. The van der Waals surface area contributed by atoms with Crippen molar-refractivity contribution in [1.82, 2.24) is 0 Å². The van der Waals surface area contributed by atoms with Crippen LogP contribution in [-0.2, 0) is 0 Å². The summed E-state index contributed by atoms with van der Waals surface area (Å²) in [7, 11) is 0. The Morgan fingerprint density at radius 2 is 1.56 bits per heavy atom. The zero-order valence-corrected chi connectivity index (χ0v) is 21.7. The second kappa shape index (κ2) is 9.40. The smallest absolute Gasteiger partial charge is 0.0390 e. The topological polar surface area (TPSA) is 26.0 Å². The normalized spacial score (nSPS) is 34.3. The molecule has 0 heterocycles. The number of allylic oxidation sites excluding steroid dienone is 4. The van der Waals surface area contributed by atoms with Crippen LogP contribution >= 0.6 is 0 Å². The maximum atomic E-state index is 6.53. The van der Waals surface area contributed by atoms with Gasteiger partial charge >= 0.3 is 0 Å². The van der Waals surface area contributed by atoms with Crippen LogP contribution in [0.2, 0.25) is 0 Å². The van der Waals surface area contributed by atoms with Gasteiger partial charge in [-0.25, -0.2) is 0 Å². The molecule has 0 aromatic heterocycles. The molecule has 2 aromatic carbocycles. The molecule has 5 rings (SSSR count). The van der Waals surface area contributed by atoms with Crippen molar-refractivity contribution in [3.8, 4) is 0 Å². The van der Waals surface area contributed by atoms with Crippen LogP contribution in [0.25, 0.3) is 5.57 Å². The van der Waals surface area contributed by atoms with Crippen LogP contribution in [0.4, 0.5) is 5.69 Å². The van der Waals surface area contributed by atoms with Crippen molar-refractivity contribution in [3.63, 3.8) is 0 Å². The molecule has 0 aliphatic heterocycles. The molecule has 9 atom stereocenters. The minimum atomic E-state index is 0.555. The lowest BCUT2D eigenvalue weighted by atomic mass is 9.59. The van der Waals surface area contributed by atoms with E-state index in [1.165, 1.54) is 24.0 Å². The first-order valence-electron chi connectivity index (χ1n) is 13.7. The molecule has 7 unspecified atom stereocenters. The first-order valence-corrected chi connectivity index (χ1v) is 13.7. The van der Waals surface area contributed by atoms with E-state index in [0.29, 0.717) is 47.3 Å². The van der Waals surface area contributed by atoms with Crippen molar-refractivity contribution in [1.29, 1.82) is 0 Å². The lowest BCUT2D eigenvalue weighted by Gasteiger charge is -2.46. The van der Waals surface area contributed by atoms with E-state index in [2.05, 4.69) is 107 Å². The number of hydrogen-bond acceptors (Lipinski definition) is 1. The number of nitrogens with two attached hydrogens (primary N) is 1. The third-order valence-corrected chi connectivity index (χ3v) is 10.2. The predicted molar refractivity (Wildman–Crippen MR) is 146 cm³/mol. The standard InChI is InChI=1S/C33H43N/c1-20(2)21(3)22(4)32-23(5)26(17-18-28(32)27-13-9-10-14-31(27)34)30-19-25-15-16-29(30)33(25)24-11-7-6-8-12-24/h6-16,18,20-23,25-26,29-30,32-33H,17,19,34H2,1-5H3/t21?,22-,23?,25+,26?,29?,30?,32?,33?/m0/s1. The Morgan fingerprint density at radius 1 is 0.853 bits per heavy atom. The van der Waals surface area contributed by atoms with Crippen LogP contribution in [0.5, 0.6) is 0 Å². The summed E-state index contributed by atoms with van der Waals surface area (Å²) in [5.41, 5.74) is 11.8. The molecule has 0 saturated heterocycles. The maximum Gasteiger partial charge on any atom is 0.0390 e. The van der Waals surface area contributed by atoms with E-state index in [4.69, 9.17) is 5.73 Å². The first kappa shape index (κ1) is 23.5. The summed E-state index contributed by atoms with van der Waals surface area (Å²) in [5.74, 6) is 6.81. The Morgan fingerprint density at radius 3 is 2.26 bits per heavy atom. The summed E-state index contributed by atoms with van der Waals surface area (Å²) in [5, 5.41) is 0. The van der Waals surface area contributed by atoms with Crippen LogP contribution in [-0.4, -0.2) is 0 Å². The summed E-state index contributed by atoms with van der Waals surface area (Å²) >= 11 is 0. The summed E-state index contributed by atoms with van der Waals surface area (Å²) in [6.07, 6.45) is 10.2. The Balaban J connectivity index is 1.49. The molecular weight excluding hydrogens is 410 g/mol. The number of benzene rings is 2. The lowest BCUT2D eigenvalue weighted by Crippen LogP contribution is -2.38. The van der Waals surface area contributed by atoms with Crippen LogP contribution in [0.1, 0.15) is 64.5 Å². The molecule has 180 valence electrons. The van der Waals surface area contributed by atoms with Gasteiger partial charge in [0.1, 0.15) is 0 Å². The predicted octanol–water partition coefficient (Wildman–Crippen LogP) is 8.46. The van der Waals surface area contributed by atoms with Gasteiger partial charge in [0.05, 0.1) is 0 Å². The SMILES string of the molecule is CC(C)C(C)[C@H](C)C1C(c2ccccc2N)=CCC(C2C[C@H]3C=CC2C3c2ccccc2)C1C. The van der Waals surface area contributed by atoms with Gasteiger partial charge in [0.2, 0.25) is 0 Å². The Labute approximate surface area is 207 Å². The fraction of sp³-hybridized carbons (Fsp3) is 0.515. The highest BCUT2D eigenvalue weighted by Gasteiger charge is 2.51. The zero-order chi connectivity index (χ0) is 24.0. The average molecular weight is 454 g/mol. The summed E-state index contributed by atoms with van der Waals surface area (Å²) < 4.78 is 0. The summed E-state index contributed by atoms with van der Waals surface area (Å²) in [6.45, 7) is 12.3. The quantitative estimate of drug-likeness (QED) is 0.344. The molecule has 2 bridgehead atoms. The van der Waals surface area contributed by atoms with E-state index >= 15 is 0 Å². The molecule has 34 heavy (non-hydrogen) atoms. The highest BCUT2D eigenvalue weighted by Crippen LogP contribution is 2.60. The van der Waals surface area contributed by atoms with E-state index < -0.39 is 0 Å². The van der Waals surface area contributed by atoms with Gasteiger partial charge in [0.15, 0.2) is 0 Å². The fourth-order valence-corrected chi connectivity index (χ4v) is 7.98. The van der Waals surface area contributed by atoms with E-state index in [-0.39, 0.29) is 0 Å². The van der Waals surface area contributed by atoms with Crippen LogP contribution in [0.3, 0.4) is 0 Å². The molecule has 0 amide bonds. The second-order valence-corrected chi connectivity index (χ2v) is 12.0. The van der Waals surface area contributed by atoms with Gasteiger partial charge in [-0.3, -0.25) is 0 Å². The van der Waals surface area contributed by atoms with E-state index in [9.17, 15) is 0 Å². The summed E-state index contributed by atoms with van der Waals surface area (Å²) in [6, 6.07) is 19.8.